The molecule has 0 saturated heterocycles. The Morgan fingerprint density at radius 3 is 2.72 bits per heavy atom. The van der Waals surface area contributed by atoms with Crippen LogP contribution in [0.4, 0.5) is 0 Å². The van der Waals surface area contributed by atoms with E-state index in [1.165, 1.54) is 0 Å². The molecule has 0 aromatic heterocycles. The summed E-state index contributed by atoms with van der Waals surface area (Å²) >= 11 is 0. The summed E-state index contributed by atoms with van der Waals surface area (Å²) < 4.78 is 0. The van der Waals surface area contributed by atoms with E-state index in [9.17, 15) is 14.7 Å². The first-order valence-electron chi connectivity index (χ1n) is 9.61. The molecule has 1 rings (SSSR count). The Labute approximate surface area is 152 Å². The summed E-state index contributed by atoms with van der Waals surface area (Å²) in [5.74, 6) is 0.596. The van der Waals surface area contributed by atoms with Crippen molar-refractivity contribution in [3.8, 4) is 0 Å². The Hall–Kier alpha value is -1.26. The average molecular weight is 350 g/mol. The average Bonchev–Trinajstić information content (AvgIpc) is 2.92. The van der Waals surface area contributed by atoms with Gasteiger partial charge in [0.25, 0.3) is 0 Å². The molecule has 1 fully saturated rings. The maximum atomic E-state index is 12.1. The van der Waals surface area contributed by atoms with E-state index in [2.05, 4.69) is 6.08 Å². The van der Waals surface area contributed by atoms with Crippen molar-refractivity contribution in [3.05, 3.63) is 24.3 Å². The molecular weight excluding hydrogens is 316 g/mol. The normalized spacial score (nSPS) is 23.6. The van der Waals surface area contributed by atoms with Crippen molar-refractivity contribution in [1.29, 1.82) is 0 Å². The number of Topliss-reactive ketones (excluding diaryl/α,β-unsaturated/α-hetero) is 2. The van der Waals surface area contributed by atoms with Crippen LogP contribution in [-0.4, -0.2) is 34.0 Å². The molecule has 3 atom stereocenters. The number of allylic oxidation sites excluding steroid dienone is 2. The molecule has 2 N–H and O–H groups in total. The second-order valence-corrected chi connectivity index (χ2v) is 7.37. The molecule has 0 bridgehead atoms. The monoisotopic (exact) mass is 350 g/mol. The predicted octanol–water partition coefficient (Wildman–Crippen LogP) is 3.76. The second-order valence-electron chi connectivity index (χ2n) is 7.37. The number of hydrogen-bond acceptors (Lipinski definition) is 4. The number of unbranched alkanes of at least 4 members (excludes halogenated alkanes) is 2. The first kappa shape index (κ1) is 21.8. The minimum absolute atomic E-state index is 0.0842. The second kappa shape index (κ2) is 11.4. The highest BCUT2D eigenvalue weighted by atomic mass is 16.3. The van der Waals surface area contributed by atoms with Crippen molar-refractivity contribution in [1.82, 2.24) is 0 Å². The molecule has 4 nitrogen and oxygen atoms in total. The summed E-state index contributed by atoms with van der Waals surface area (Å²) in [6.07, 6.45) is 14.9. The topological polar surface area (TPSA) is 74.6 Å². The largest absolute Gasteiger partial charge is 0.389 e. The fourth-order valence-corrected chi connectivity index (χ4v) is 3.40. The zero-order valence-corrected chi connectivity index (χ0v) is 15.7. The number of carbonyl (C=O) groups excluding carboxylic acids is 2. The van der Waals surface area contributed by atoms with Crippen LogP contribution in [0, 0.1) is 11.8 Å². The van der Waals surface area contributed by atoms with Gasteiger partial charge in [-0.25, -0.2) is 0 Å². The van der Waals surface area contributed by atoms with E-state index >= 15 is 0 Å². The maximum absolute atomic E-state index is 12.1. The van der Waals surface area contributed by atoms with Gasteiger partial charge in [0, 0.05) is 18.8 Å². The third-order valence-electron chi connectivity index (χ3n) is 4.93. The lowest BCUT2D eigenvalue weighted by atomic mass is 9.89. The van der Waals surface area contributed by atoms with Crippen LogP contribution in [0.3, 0.4) is 0 Å². The number of aliphatic hydroxyl groups is 2. The van der Waals surface area contributed by atoms with Crippen LogP contribution in [0.5, 0.6) is 0 Å². The van der Waals surface area contributed by atoms with Crippen LogP contribution < -0.4 is 0 Å². The maximum Gasteiger partial charge on any atom is 0.158 e. The van der Waals surface area contributed by atoms with Gasteiger partial charge < -0.3 is 10.2 Å². The Kier molecular flexibility index (Phi) is 9.91. The standard InChI is InChI=1S/C21H34O4/c1-3-4-14-21(2,25)15-8-9-17-12-13-20(24)19(17)11-7-5-6-10-18(23)16-22/h4,8-9,14,17,19,22,25H,3,5-7,10-13,15-16H2,1-2H3/t17-,19+,21?/m0/s1. The van der Waals surface area contributed by atoms with Gasteiger partial charge in [-0.15, -0.1) is 0 Å². The number of aliphatic hydroxyl groups excluding tert-OH is 1. The quantitative estimate of drug-likeness (QED) is 0.415. The Balaban J connectivity index is 2.40. The Morgan fingerprint density at radius 2 is 2.04 bits per heavy atom. The van der Waals surface area contributed by atoms with Crippen molar-refractivity contribution in [3.63, 3.8) is 0 Å². The summed E-state index contributed by atoms with van der Waals surface area (Å²) in [4.78, 5) is 23.2. The third kappa shape index (κ3) is 8.59. The zero-order chi connectivity index (χ0) is 18.7. The molecule has 4 heteroatoms. The molecule has 142 valence electrons. The van der Waals surface area contributed by atoms with Crippen LogP contribution >= 0.6 is 0 Å². The molecule has 1 unspecified atom stereocenters. The summed E-state index contributed by atoms with van der Waals surface area (Å²) in [7, 11) is 0. The molecule has 1 saturated carbocycles. The summed E-state index contributed by atoms with van der Waals surface area (Å²) in [5, 5.41) is 18.9. The first-order chi connectivity index (χ1) is 11.9. The summed E-state index contributed by atoms with van der Waals surface area (Å²) in [5.41, 5.74) is -0.830. The van der Waals surface area contributed by atoms with Crippen molar-refractivity contribution < 1.29 is 19.8 Å². The minimum atomic E-state index is -0.830. The van der Waals surface area contributed by atoms with Crippen molar-refractivity contribution in [2.24, 2.45) is 11.8 Å². The highest BCUT2D eigenvalue weighted by molar-refractivity contribution is 5.83. The van der Waals surface area contributed by atoms with E-state index in [1.54, 1.807) is 6.92 Å². The number of rotatable bonds is 12. The van der Waals surface area contributed by atoms with Crippen molar-refractivity contribution in [2.45, 2.75) is 77.2 Å². The number of ketones is 2. The third-order valence-corrected chi connectivity index (χ3v) is 4.93. The Morgan fingerprint density at radius 1 is 1.28 bits per heavy atom. The molecule has 1 aliphatic carbocycles. The van der Waals surface area contributed by atoms with E-state index in [-0.39, 0.29) is 24.2 Å². The fraction of sp³-hybridized carbons (Fsp3) is 0.714. The first-order valence-corrected chi connectivity index (χ1v) is 9.61. The van der Waals surface area contributed by atoms with Gasteiger partial charge in [-0.2, -0.15) is 0 Å². The molecule has 0 aromatic carbocycles. The lowest BCUT2D eigenvalue weighted by molar-refractivity contribution is -0.122. The van der Waals surface area contributed by atoms with E-state index in [0.717, 1.165) is 38.5 Å². The van der Waals surface area contributed by atoms with Crippen LogP contribution in [0.2, 0.25) is 0 Å². The Bertz CT molecular complexity index is 476. The molecule has 0 amide bonds. The van der Waals surface area contributed by atoms with Gasteiger partial charge >= 0.3 is 0 Å². The zero-order valence-electron chi connectivity index (χ0n) is 15.7. The molecular formula is C21H34O4. The summed E-state index contributed by atoms with van der Waals surface area (Å²) in [6.45, 7) is 3.47. The molecule has 0 aromatic rings. The molecule has 0 heterocycles. The molecule has 1 aliphatic rings. The molecule has 0 aliphatic heterocycles. The van der Waals surface area contributed by atoms with Crippen molar-refractivity contribution >= 4 is 11.6 Å². The lowest BCUT2D eigenvalue weighted by Gasteiger charge is -2.18. The smallest absolute Gasteiger partial charge is 0.158 e. The lowest BCUT2D eigenvalue weighted by Crippen LogP contribution is -2.19. The van der Waals surface area contributed by atoms with Crippen LogP contribution in [-0.2, 0) is 9.59 Å². The van der Waals surface area contributed by atoms with Gasteiger partial charge in [-0.1, -0.05) is 44.1 Å². The highest BCUT2D eigenvalue weighted by Crippen LogP contribution is 2.34. The predicted molar refractivity (Wildman–Crippen MR) is 100 cm³/mol. The van der Waals surface area contributed by atoms with Gasteiger partial charge in [0.1, 0.15) is 12.4 Å². The van der Waals surface area contributed by atoms with Gasteiger partial charge in [-0.05, 0) is 44.9 Å². The minimum Gasteiger partial charge on any atom is -0.389 e. The van der Waals surface area contributed by atoms with Crippen molar-refractivity contribution in [2.75, 3.05) is 6.61 Å². The van der Waals surface area contributed by atoms with Gasteiger partial charge in [0.15, 0.2) is 5.78 Å². The van der Waals surface area contributed by atoms with E-state index in [4.69, 9.17) is 5.11 Å². The SMILES string of the molecule is CCC=CC(C)(O)CC=C[C@H]1CCC(=O)[C@@H]1CCCCCC(=O)CO. The van der Waals surface area contributed by atoms with E-state index in [1.807, 2.05) is 25.2 Å². The van der Waals surface area contributed by atoms with Gasteiger partial charge in [0.05, 0.1) is 5.60 Å². The van der Waals surface area contributed by atoms with E-state index < -0.39 is 5.60 Å². The number of hydrogen-bond donors (Lipinski definition) is 2. The highest BCUT2D eigenvalue weighted by Gasteiger charge is 2.32. The van der Waals surface area contributed by atoms with Crippen LogP contribution in [0.1, 0.15) is 71.6 Å². The fourth-order valence-electron chi connectivity index (χ4n) is 3.40. The van der Waals surface area contributed by atoms with E-state index in [0.29, 0.717) is 25.0 Å². The molecule has 0 spiro atoms. The van der Waals surface area contributed by atoms with Gasteiger partial charge in [-0.3, -0.25) is 9.59 Å². The molecule has 0 radical (unpaired) electrons. The summed E-state index contributed by atoms with van der Waals surface area (Å²) in [6, 6.07) is 0. The number of carbonyl (C=O) groups is 2. The van der Waals surface area contributed by atoms with Crippen LogP contribution in [0.15, 0.2) is 24.3 Å². The van der Waals surface area contributed by atoms with Crippen LogP contribution in [0.25, 0.3) is 0 Å². The van der Waals surface area contributed by atoms with Gasteiger partial charge in [0.2, 0.25) is 0 Å². The molecule has 25 heavy (non-hydrogen) atoms.